The fourth-order valence-corrected chi connectivity index (χ4v) is 3.43. The summed E-state index contributed by atoms with van der Waals surface area (Å²) in [7, 11) is 0. The summed E-state index contributed by atoms with van der Waals surface area (Å²) >= 11 is 1.10. The number of aromatic nitrogens is 2. The van der Waals surface area contributed by atoms with Crippen molar-refractivity contribution in [2.24, 2.45) is 0 Å². The van der Waals surface area contributed by atoms with E-state index in [2.05, 4.69) is 15.3 Å². The van der Waals surface area contributed by atoms with Crippen molar-refractivity contribution in [2.45, 2.75) is 20.8 Å². The summed E-state index contributed by atoms with van der Waals surface area (Å²) in [6, 6.07) is 13.3. The zero-order valence-corrected chi connectivity index (χ0v) is 16.1. The van der Waals surface area contributed by atoms with Gasteiger partial charge in [0.05, 0.1) is 29.3 Å². The highest BCUT2D eigenvalue weighted by atomic mass is 32.1. The van der Waals surface area contributed by atoms with Crippen LogP contribution in [0.5, 0.6) is 0 Å². The van der Waals surface area contributed by atoms with Gasteiger partial charge in [-0.15, -0.1) is 0 Å². The highest BCUT2D eigenvalue weighted by Crippen LogP contribution is 2.25. The zero-order valence-electron chi connectivity index (χ0n) is 15.3. The summed E-state index contributed by atoms with van der Waals surface area (Å²) in [4.78, 5) is 33.6. The van der Waals surface area contributed by atoms with Gasteiger partial charge in [-0.1, -0.05) is 41.7 Å². The van der Waals surface area contributed by atoms with Gasteiger partial charge < -0.3 is 4.74 Å². The number of rotatable bonds is 5. The highest BCUT2D eigenvalue weighted by Gasteiger charge is 2.19. The monoisotopic (exact) mass is 381 g/mol. The van der Waals surface area contributed by atoms with E-state index >= 15 is 0 Å². The number of nitrogens with zero attached hydrogens (tertiary/aromatic N) is 2. The van der Waals surface area contributed by atoms with E-state index in [1.807, 2.05) is 36.4 Å². The van der Waals surface area contributed by atoms with E-state index in [-0.39, 0.29) is 12.5 Å². The summed E-state index contributed by atoms with van der Waals surface area (Å²) in [5, 5.41) is 3.09. The summed E-state index contributed by atoms with van der Waals surface area (Å²) < 4.78 is 4.99. The van der Waals surface area contributed by atoms with Gasteiger partial charge in [0.2, 0.25) is 0 Å². The van der Waals surface area contributed by atoms with E-state index in [9.17, 15) is 9.59 Å². The topological polar surface area (TPSA) is 81.2 Å². The van der Waals surface area contributed by atoms with E-state index < -0.39 is 5.97 Å². The van der Waals surface area contributed by atoms with Crippen molar-refractivity contribution in [1.82, 2.24) is 9.97 Å². The normalized spacial score (nSPS) is 10.5. The fourth-order valence-electron chi connectivity index (χ4n) is 2.57. The number of esters is 1. The van der Waals surface area contributed by atoms with Gasteiger partial charge in [-0.2, -0.15) is 0 Å². The zero-order chi connectivity index (χ0) is 19.4. The first-order valence-corrected chi connectivity index (χ1v) is 9.30. The minimum absolute atomic E-state index is 0.288. The van der Waals surface area contributed by atoms with Crippen molar-refractivity contribution < 1.29 is 14.3 Å². The molecule has 0 saturated carbocycles. The third-order valence-electron chi connectivity index (χ3n) is 3.88. The van der Waals surface area contributed by atoms with Crippen molar-refractivity contribution in [3.05, 3.63) is 64.3 Å². The lowest BCUT2D eigenvalue weighted by molar-refractivity contribution is 0.0531. The first-order valence-electron chi connectivity index (χ1n) is 8.48. The Hall–Kier alpha value is -3.06. The lowest BCUT2D eigenvalue weighted by Gasteiger charge is -2.07. The number of nitrogens with one attached hydrogen (secondary N) is 1. The Labute approximate surface area is 161 Å². The molecule has 0 aliphatic carbocycles. The third kappa shape index (κ3) is 4.20. The van der Waals surface area contributed by atoms with Gasteiger partial charge in [0.15, 0.2) is 5.13 Å². The van der Waals surface area contributed by atoms with Crippen molar-refractivity contribution in [3.8, 4) is 11.3 Å². The van der Waals surface area contributed by atoms with E-state index in [1.54, 1.807) is 26.8 Å². The van der Waals surface area contributed by atoms with Crippen molar-refractivity contribution >= 4 is 28.3 Å². The maximum Gasteiger partial charge on any atom is 0.350 e. The molecule has 0 bridgehead atoms. The molecule has 6 nitrogen and oxygen atoms in total. The molecule has 2 heterocycles. The first kappa shape index (κ1) is 18.7. The molecular formula is C20H19N3O3S. The van der Waals surface area contributed by atoms with Crippen LogP contribution in [0.3, 0.4) is 0 Å². The molecule has 3 rings (SSSR count). The van der Waals surface area contributed by atoms with Crippen LogP contribution in [0.15, 0.2) is 42.5 Å². The van der Waals surface area contributed by atoms with Gasteiger partial charge >= 0.3 is 5.97 Å². The van der Waals surface area contributed by atoms with Crippen LogP contribution in [0.4, 0.5) is 5.13 Å². The molecule has 0 aliphatic rings. The van der Waals surface area contributed by atoms with E-state index in [4.69, 9.17) is 4.74 Å². The van der Waals surface area contributed by atoms with Crippen molar-refractivity contribution in [3.63, 3.8) is 0 Å². The molecule has 0 atom stereocenters. The maximum absolute atomic E-state index is 12.6. The van der Waals surface area contributed by atoms with Crippen LogP contribution < -0.4 is 5.32 Å². The van der Waals surface area contributed by atoms with E-state index in [0.29, 0.717) is 27.0 Å². The summed E-state index contributed by atoms with van der Waals surface area (Å²) in [6.45, 7) is 5.53. The van der Waals surface area contributed by atoms with E-state index in [0.717, 1.165) is 22.6 Å². The minimum atomic E-state index is -0.432. The highest BCUT2D eigenvalue weighted by molar-refractivity contribution is 7.17. The van der Waals surface area contributed by atoms with Crippen LogP contribution in [0.1, 0.15) is 38.3 Å². The SMILES string of the molecule is CCOC(=O)c1sc(NC(=O)c2ccc(-c3ccccc3)nc2C)nc1C. The van der Waals surface area contributed by atoms with E-state index in [1.165, 1.54) is 0 Å². The molecule has 0 aliphatic heterocycles. The smallest absolute Gasteiger partial charge is 0.350 e. The summed E-state index contributed by atoms with van der Waals surface area (Å²) in [6.07, 6.45) is 0. The molecular weight excluding hydrogens is 362 g/mol. The average molecular weight is 381 g/mol. The first-order chi connectivity index (χ1) is 13.0. The van der Waals surface area contributed by atoms with Gasteiger partial charge in [0.1, 0.15) is 4.88 Å². The van der Waals surface area contributed by atoms with Crippen molar-refractivity contribution in [2.75, 3.05) is 11.9 Å². The summed E-state index contributed by atoms with van der Waals surface area (Å²) in [5.41, 5.74) is 3.40. The van der Waals surface area contributed by atoms with Crippen LogP contribution in [-0.4, -0.2) is 28.5 Å². The number of pyridine rings is 1. The standard InChI is InChI=1S/C20H19N3O3S/c1-4-26-19(25)17-13(3)22-20(27-17)23-18(24)15-10-11-16(21-12(15)2)14-8-6-5-7-9-14/h5-11H,4H2,1-3H3,(H,22,23,24). The lowest BCUT2D eigenvalue weighted by Crippen LogP contribution is -2.14. The second-order valence-corrected chi connectivity index (χ2v) is 6.80. The number of ether oxygens (including phenoxy) is 1. The minimum Gasteiger partial charge on any atom is -0.462 e. The Balaban J connectivity index is 1.79. The molecule has 138 valence electrons. The van der Waals surface area contributed by atoms with Gasteiger partial charge in [-0.3, -0.25) is 15.1 Å². The summed E-state index contributed by atoms with van der Waals surface area (Å²) in [5.74, 6) is -0.748. The largest absolute Gasteiger partial charge is 0.462 e. The van der Waals surface area contributed by atoms with Crippen LogP contribution in [0.2, 0.25) is 0 Å². The quantitative estimate of drug-likeness (QED) is 0.668. The Morgan fingerprint density at radius 2 is 1.78 bits per heavy atom. The Kier molecular flexibility index (Phi) is 5.61. The maximum atomic E-state index is 12.6. The molecule has 7 heteroatoms. The fraction of sp³-hybridized carbons (Fsp3) is 0.200. The third-order valence-corrected chi connectivity index (χ3v) is 4.93. The number of hydrogen-bond acceptors (Lipinski definition) is 6. The molecule has 0 fully saturated rings. The Morgan fingerprint density at radius 3 is 2.44 bits per heavy atom. The van der Waals surface area contributed by atoms with Crippen LogP contribution in [0, 0.1) is 13.8 Å². The number of hydrogen-bond donors (Lipinski definition) is 1. The number of benzene rings is 1. The number of thiazole rings is 1. The predicted molar refractivity (Wildman–Crippen MR) is 105 cm³/mol. The Bertz CT molecular complexity index is 983. The molecule has 0 unspecified atom stereocenters. The number of carbonyl (C=O) groups is 2. The number of carbonyl (C=O) groups excluding carboxylic acids is 2. The number of anilines is 1. The number of amides is 1. The second kappa shape index (κ2) is 8.09. The molecule has 0 saturated heterocycles. The second-order valence-electron chi connectivity index (χ2n) is 5.80. The Morgan fingerprint density at radius 1 is 1.04 bits per heavy atom. The molecule has 1 amide bonds. The molecule has 1 N–H and O–H groups in total. The van der Waals surface area contributed by atoms with Gasteiger partial charge in [-0.05, 0) is 32.9 Å². The van der Waals surface area contributed by atoms with Gasteiger partial charge in [0.25, 0.3) is 5.91 Å². The number of aryl methyl sites for hydroxylation is 2. The molecule has 27 heavy (non-hydrogen) atoms. The average Bonchev–Trinajstić information content (AvgIpc) is 3.02. The lowest BCUT2D eigenvalue weighted by atomic mass is 10.1. The molecule has 3 aromatic rings. The van der Waals surface area contributed by atoms with Gasteiger partial charge in [0, 0.05) is 5.56 Å². The predicted octanol–water partition coefficient (Wildman–Crippen LogP) is 4.25. The molecule has 2 aromatic heterocycles. The van der Waals surface area contributed by atoms with Crippen LogP contribution in [-0.2, 0) is 4.74 Å². The molecule has 1 aromatic carbocycles. The van der Waals surface area contributed by atoms with Crippen molar-refractivity contribution in [1.29, 1.82) is 0 Å². The van der Waals surface area contributed by atoms with Crippen LogP contribution >= 0.6 is 11.3 Å². The molecule has 0 radical (unpaired) electrons. The van der Waals surface area contributed by atoms with Crippen LogP contribution in [0.25, 0.3) is 11.3 Å². The van der Waals surface area contributed by atoms with Gasteiger partial charge in [-0.25, -0.2) is 9.78 Å². The molecule has 0 spiro atoms.